The molecule has 0 spiro atoms. The van der Waals surface area contributed by atoms with Gasteiger partial charge < -0.3 is 19.8 Å². The van der Waals surface area contributed by atoms with Gasteiger partial charge in [0.05, 0.1) is 11.9 Å². The number of carboxylic acids is 2. The molecule has 0 aliphatic rings. The Labute approximate surface area is 51.2 Å². The van der Waals surface area contributed by atoms with E-state index in [1.807, 2.05) is 0 Å². The van der Waals surface area contributed by atoms with Crippen molar-refractivity contribution in [2.75, 3.05) is 7.05 Å². The van der Waals surface area contributed by atoms with Crippen molar-refractivity contribution in [2.45, 2.75) is 0 Å². The second-order valence-electron chi connectivity index (χ2n) is 0.864. The molecule has 0 atom stereocenters. The van der Waals surface area contributed by atoms with Crippen LogP contribution in [-0.4, -0.2) is 19.0 Å². The Balaban J connectivity index is 0. The van der Waals surface area contributed by atoms with Gasteiger partial charge in [0.1, 0.15) is 0 Å². The van der Waals surface area contributed by atoms with Crippen molar-refractivity contribution in [3.05, 3.63) is 0 Å². The first-order valence-electron chi connectivity index (χ1n) is 1.86. The van der Waals surface area contributed by atoms with E-state index in [4.69, 9.17) is 19.8 Å². The molecule has 6 heteroatoms. The third-order valence-corrected chi connectivity index (χ3v) is 0.167. The summed E-state index contributed by atoms with van der Waals surface area (Å²) in [5.74, 6) is 0.227. The van der Waals surface area contributed by atoms with E-state index in [1.54, 1.807) is 7.05 Å². The molecule has 0 aliphatic heterocycles. The van der Waals surface area contributed by atoms with E-state index >= 15 is 0 Å². The van der Waals surface area contributed by atoms with Crippen molar-refractivity contribution < 1.29 is 19.8 Å². The average Bonchev–Trinajstić information content (AvgIpc) is 1.68. The number of hydrogen-bond donors (Lipinski definition) is 2. The number of hydrogen-bond acceptors (Lipinski definition) is 6. The molecule has 0 aromatic carbocycles. The van der Waals surface area contributed by atoms with Crippen molar-refractivity contribution in [2.24, 2.45) is 5.84 Å². The predicted octanol–water partition coefficient (Wildman–Crippen LogP) is -4.43. The van der Waals surface area contributed by atoms with E-state index in [-0.39, 0.29) is 0 Å². The topological polar surface area (TPSA) is 118 Å². The van der Waals surface area contributed by atoms with E-state index in [2.05, 4.69) is 11.3 Å². The monoisotopic (exact) mass is 134 g/mol. The minimum Gasteiger partial charge on any atom is -0.543 e. The van der Waals surface area contributed by atoms with Gasteiger partial charge in [-0.25, -0.2) is 0 Å². The Hall–Kier alpha value is -1.14. The number of carbonyl (C=O) groups is 2. The van der Waals surface area contributed by atoms with Gasteiger partial charge in [-0.2, -0.15) is 0 Å². The van der Waals surface area contributed by atoms with E-state index < -0.39 is 11.9 Å². The quantitative estimate of drug-likeness (QED) is 0.196. The Morgan fingerprint density at radius 2 is 1.44 bits per heavy atom. The highest BCUT2D eigenvalue weighted by Crippen LogP contribution is 1.41. The van der Waals surface area contributed by atoms with E-state index in [0.29, 0.717) is 0 Å². The molecule has 0 saturated heterocycles. The van der Waals surface area contributed by atoms with E-state index in [0.717, 1.165) is 0 Å². The van der Waals surface area contributed by atoms with Gasteiger partial charge >= 0.3 is 0 Å². The van der Waals surface area contributed by atoms with Gasteiger partial charge in [-0.05, 0) is 7.05 Å². The second kappa shape index (κ2) is 6.86. The summed E-state index contributed by atoms with van der Waals surface area (Å²) in [6, 6.07) is 0. The molecule has 54 valence electrons. The lowest BCUT2D eigenvalue weighted by Crippen LogP contribution is -2.42. The molecule has 3 N–H and O–H groups in total. The summed E-state index contributed by atoms with van der Waals surface area (Å²) in [5.41, 5.74) is 2.25. The first-order chi connectivity index (χ1) is 4.06. The Kier molecular flexibility index (Phi) is 8.21. The second-order valence-corrected chi connectivity index (χ2v) is 0.864. The number of hydrazine groups is 1. The molecule has 6 nitrogen and oxygen atoms in total. The van der Waals surface area contributed by atoms with Crippen LogP contribution >= 0.6 is 0 Å². The van der Waals surface area contributed by atoms with Crippen LogP contribution in [0.1, 0.15) is 0 Å². The summed E-state index contributed by atoms with van der Waals surface area (Å²) in [4.78, 5) is 17.9. The zero-order valence-electron chi connectivity index (χ0n) is 4.71. The van der Waals surface area contributed by atoms with Crippen molar-refractivity contribution >= 4 is 11.9 Å². The van der Waals surface area contributed by atoms with Gasteiger partial charge in [-0.3, -0.25) is 11.3 Å². The lowest BCUT2D eigenvalue weighted by Gasteiger charge is -1.97. The van der Waals surface area contributed by atoms with Gasteiger partial charge in [0.25, 0.3) is 0 Å². The fourth-order valence-corrected chi connectivity index (χ4v) is 0. The molecule has 0 heterocycles. The first kappa shape index (κ1) is 10.8. The van der Waals surface area contributed by atoms with Crippen LogP contribution in [0.3, 0.4) is 0 Å². The van der Waals surface area contributed by atoms with Gasteiger partial charge in [-0.15, -0.1) is 0 Å². The number of carboxylic acid groups (broad SMARTS) is 2. The van der Waals surface area contributed by atoms with Gasteiger partial charge in [-0.1, -0.05) is 0 Å². The number of aliphatic carboxylic acids is 2. The summed E-state index contributed by atoms with van der Waals surface area (Å²) >= 11 is 0. The van der Waals surface area contributed by atoms with Gasteiger partial charge in [0.15, 0.2) is 0 Å². The normalized spacial score (nSPS) is 6.89. The van der Waals surface area contributed by atoms with Crippen LogP contribution in [0.2, 0.25) is 0 Å². The van der Waals surface area contributed by atoms with Crippen molar-refractivity contribution in [3.63, 3.8) is 0 Å². The smallest absolute Gasteiger partial charge is 0.0870 e. The Bertz CT molecular complexity index is 90.0. The third-order valence-electron chi connectivity index (χ3n) is 0.167. The molecule has 0 unspecified atom stereocenters. The van der Waals surface area contributed by atoms with Crippen LogP contribution in [0.5, 0.6) is 0 Å². The van der Waals surface area contributed by atoms with Crippen LogP contribution in [0.15, 0.2) is 0 Å². The zero-order chi connectivity index (χ0) is 7.86. The number of rotatable bonds is 0. The summed E-state index contributed by atoms with van der Waals surface area (Å²) in [7, 11) is 1.65. The summed E-state index contributed by atoms with van der Waals surface area (Å²) < 4.78 is 0. The molecule has 0 amide bonds. The fourth-order valence-electron chi connectivity index (χ4n) is 0. The molecule has 0 radical (unpaired) electrons. The summed E-state index contributed by atoms with van der Waals surface area (Å²) in [6.45, 7) is 0. The summed E-state index contributed by atoms with van der Waals surface area (Å²) in [6.07, 6.45) is 0. The van der Waals surface area contributed by atoms with Crippen LogP contribution in [0.4, 0.5) is 0 Å². The first-order valence-corrected chi connectivity index (χ1v) is 1.86. The molecule has 0 bridgehead atoms. The Morgan fingerprint density at radius 3 is 1.44 bits per heavy atom. The van der Waals surface area contributed by atoms with Crippen molar-refractivity contribution in [1.82, 2.24) is 5.43 Å². The number of nitrogens with two attached hydrogens (primary N) is 1. The number of carbonyl (C=O) groups excluding carboxylic acids is 2. The minimum atomic E-state index is -2.19. The number of nitrogens with one attached hydrogen (secondary N) is 1. The maximum Gasteiger partial charge on any atom is 0.0870 e. The molecule has 0 aromatic heterocycles. The lowest BCUT2D eigenvalue weighted by molar-refractivity contribution is -0.345. The maximum atomic E-state index is 8.93. The van der Waals surface area contributed by atoms with E-state index in [9.17, 15) is 0 Å². The zero-order valence-corrected chi connectivity index (χ0v) is 4.71. The molecule has 0 rings (SSSR count). The average molecular weight is 134 g/mol. The molecule has 0 saturated carbocycles. The largest absolute Gasteiger partial charge is 0.543 e. The van der Waals surface area contributed by atoms with Crippen LogP contribution in [-0.2, 0) is 9.59 Å². The van der Waals surface area contributed by atoms with Crippen molar-refractivity contribution in [3.8, 4) is 0 Å². The van der Waals surface area contributed by atoms with Gasteiger partial charge in [0.2, 0.25) is 0 Å². The minimum absolute atomic E-state index is 1.65. The highest BCUT2D eigenvalue weighted by Gasteiger charge is 1.74. The highest BCUT2D eigenvalue weighted by molar-refractivity contribution is 6.25. The molecular weight excluding hydrogens is 128 g/mol. The molecule has 0 aromatic rings. The van der Waals surface area contributed by atoms with Crippen LogP contribution < -0.4 is 21.5 Å². The van der Waals surface area contributed by atoms with Crippen LogP contribution in [0, 0.1) is 0 Å². The lowest BCUT2D eigenvalue weighted by atomic mass is 10.7. The SMILES string of the molecule is CNN.O=C([O-])C(=O)[O-]. The maximum absolute atomic E-state index is 8.93. The predicted molar refractivity (Wildman–Crippen MR) is 23.3 cm³/mol. The molecule has 0 fully saturated rings. The summed E-state index contributed by atoms with van der Waals surface area (Å²) in [5, 5.41) is 17.9. The van der Waals surface area contributed by atoms with Crippen molar-refractivity contribution in [1.29, 1.82) is 0 Å². The fraction of sp³-hybridized carbons (Fsp3) is 0.333. The highest BCUT2D eigenvalue weighted by atomic mass is 16.4. The van der Waals surface area contributed by atoms with Gasteiger partial charge in [0, 0.05) is 0 Å². The molecular formula is C3H6N2O4-2. The van der Waals surface area contributed by atoms with Crippen LogP contribution in [0.25, 0.3) is 0 Å². The van der Waals surface area contributed by atoms with E-state index in [1.165, 1.54) is 0 Å². The Morgan fingerprint density at radius 1 is 1.33 bits per heavy atom. The third kappa shape index (κ3) is 19.8. The molecule has 0 aliphatic carbocycles. The standard InChI is InChI=1S/C2H2O4.CH6N2/c3-1(4)2(5)6;1-3-2/h(H,3,4)(H,5,6);3H,2H2,1H3/p-2. The molecule has 9 heavy (non-hydrogen) atoms.